The van der Waals surface area contributed by atoms with Gasteiger partial charge in [-0.05, 0) is 50.4 Å². The molecule has 3 fully saturated rings. The van der Waals surface area contributed by atoms with Crippen molar-refractivity contribution in [2.75, 3.05) is 19.6 Å². The first-order chi connectivity index (χ1) is 8.28. The van der Waals surface area contributed by atoms with Crippen LogP contribution in [-0.4, -0.2) is 36.6 Å². The van der Waals surface area contributed by atoms with E-state index in [9.17, 15) is 0 Å². The van der Waals surface area contributed by atoms with Crippen molar-refractivity contribution in [3.8, 4) is 0 Å². The smallest absolute Gasteiger partial charge is 0.0193 e. The van der Waals surface area contributed by atoms with Gasteiger partial charge >= 0.3 is 0 Å². The average molecular weight is 236 g/mol. The fourth-order valence-electron chi connectivity index (χ4n) is 4.65. The van der Waals surface area contributed by atoms with Crippen LogP contribution in [0.3, 0.4) is 0 Å². The summed E-state index contributed by atoms with van der Waals surface area (Å²) in [5.41, 5.74) is 0. The van der Waals surface area contributed by atoms with Crippen LogP contribution in [0.15, 0.2) is 0 Å². The first-order valence-corrected chi connectivity index (χ1v) is 7.75. The zero-order valence-electron chi connectivity index (χ0n) is 11.5. The lowest BCUT2D eigenvalue weighted by atomic mass is 9.83. The molecule has 1 heterocycles. The molecule has 0 aromatic carbocycles. The monoisotopic (exact) mass is 236 g/mol. The molecule has 5 unspecified atom stereocenters. The second kappa shape index (κ2) is 4.89. The molecule has 2 nitrogen and oxygen atoms in total. The molecule has 2 saturated carbocycles. The highest BCUT2D eigenvalue weighted by molar-refractivity contribution is 4.96. The van der Waals surface area contributed by atoms with Crippen LogP contribution in [0.1, 0.15) is 46.0 Å². The Labute approximate surface area is 106 Å². The first kappa shape index (κ1) is 12.0. The Hall–Kier alpha value is -0.0800. The molecule has 98 valence electrons. The third kappa shape index (κ3) is 2.26. The molecule has 0 amide bonds. The maximum Gasteiger partial charge on any atom is 0.0193 e. The Morgan fingerprint density at radius 1 is 1.29 bits per heavy atom. The minimum Gasteiger partial charge on any atom is -0.311 e. The molecule has 1 N–H and O–H groups in total. The van der Waals surface area contributed by atoms with Crippen molar-refractivity contribution in [3.63, 3.8) is 0 Å². The minimum atomic E-state index is 0.741. The molecule has 1 saturated heterocycles. The lowest BCUT2D eigenvalue weighted by Crippen LogP contribution is -2.55. The van der Waals surface area contributed by atoms with E-state index in [1.54, 1.807) is 6.42 Å². The lowest BCUT2D eigenvalue weighted by molar-refractivity contribution is 0.0883. The number of fused-ring (bicyclic) bond motifs is 2. The lowest BCUT2D eigenvalue weighted by Gasteiger charge is -2.41. The second-order valence-electron chi connectivity index (χ2n) is 6.63. The van der Waals surface area contributed by atoms with Gasteiger partial charge in [0.25, 0.3) is 0 Å². The van der Waals surface area contributed by atoms with Crippen LogP contribution < -0.4 is 5.32 Å². The highest BCUT2D eigenvalue weighted by Crippen LogP contribution is 2.50. The number of nitrogens with one attached hydrogen (secondary N) is 1. The van der Waals surface area contributed by atoms with Gasteiger partial charge in [-0.3, -0.25) is 4.90 Å². The third-order valence-corrected chi connectivity index (χ3v) is 5.77. The standard InChI is InChI=1S/C15H28N2/c1-3-14-10-17(7-6-16-14)11(2)15-9-12-4-5-13(15)8-12/h11-16H,3-10H2,1-2H3. The summed E-state index contributed by atoms with van der Waals surface area (Å²) in [6, 6.07) is 1.58. The van der Waals surface area contributed by atoms with Crippen LogP contribution in [0.5, 0.6) is 0 Å². The van der Waals surface area contributed by atoms with Crippen LogP contribution >= 0.6 is 0 Å². The minimum absolute atomic E-state index is 0.741. The van der Waals surface area contributed by atoms with E-state index in [1.807, 2.05) is 0 Å². The number of hydrogen-bond donors (Lipinski definition) is 1. The molecule has 0 aromatic heterocycles. The summed E-state index contributed by atoms with van der Waals surface area (Å²) >= 11 is 0. The van der Waals surface area contributed by atoms with Gasteiger partial charge in [0.15, 0.2) is 0 Å². The third-order valence-electron chi connectivity index (χ3n) is 5.77. The maximum atomic E-state index is 3.64. The zero-order chi connectivity index (χ0) is 11.8. The Morgan fingerprint density at radius 3 is 2.82 bits per heavy atom. The van der Waals surface area contributed by atoms with Crippen molar-refractivity contribution in [3.05, 3.63) is 0 Å². The predicted octanol–water partition coefficient (Wildman–Crippen LogP) is 2.49. The fourth-order valence-corrected chi connectivity index (χ4v) is 4.65. The quantitative estimate of drug-likeness (QED) is 0.810. The van der Waals surface area contributed by atoms with E-state index >= 15 is 0 Å². The van der Waals surface area contributed by atoms with Crippen LogP contribution in [0.25, 0.3) is 0 Å². The van der Waals surface area contributed by atoms with Gasteiger partial charge in [0, 0.05) is 31.7 Å². The average Bonchev–Trinajstić information content (AvgIpc) is 3.00. The van der Waals surface area contributed by atoms with Crippen molar-refractivity contribution >= 4 is 0 Å². The summed E-state index contributed by atoms with van der Waals surface area (Å²) in [4.78, 5) is 2.77. The SMILES string of the molecule is CCC1CN(C(C)C2CC3CCC2C3)CCN1. The van der Waals surface area contributed by atoms with E-state index in [1.165, 1.54) is 45.3 Å². The predicted molar refractivity (Wildman–Crippen MR) is 72.1 cm³/mol. The van der Waals surface area contributed by atoms with Crippen molar-refractivity contribution in [2.45, 2.75) is 58.0 Å². The fraction of sp³-hybridized carbons (Fsp3) is 1.00. The van der Waals surface area contributed by atoms with Gasteiger partial charge in [0.2, 0.25) is 0 Å². The number of hydrogen-bond acceptors (Lipinski definition) is 2. The summed E-state index contributed by atoms with van der Waals surface area (Å²) in [5, 5.41) is 3.64. The summed E-state index contributed by atoms with van der Waals surface area (Å²) < 4.78 is 0. The van der Waals surface area contributed by atoms with Crippen molar-refractivity contribution in [2.24, 2.45) is 17.8 Å². The van der Waals surface area contributed by atoms with E-state index in [2.05, 4.69) is 24.1 Å². The van der Waals surface area contributed by atoms with Crippen LogP contribution in [0.4, 0.5) is 0 Å². The molecular weight excluding hydrogens is 208 g/mol. The molecule has 0 aromatic rings. The topological polar surface area (TPSA) is 15.3 Å². The van der Waals surface area contributed by atoms with Crippen molar-refractivity contribution in [1.82, 2.24) is 10.2 Å². The normalized spacial score (nSPS) is 44.1. The number of piperazine rings is 1. The van der Waals surface area contributed by atoms with Crippen molar-refractivity contribution in [1.29, 1.82) is 0 Å². The van der Waals surface area contributed by atoms with E-state index in [0.717, 1.165) is 29.8 Å². The molecule has 1 aliphatic heterocycles. The molecule has 2 bridgehead atoms. The van der Waals surface area contributed by atoms with Gasteiger partial charge in [-0.1, -0.05) is 13.3 Å². The van der Waals surface area contributed by atoms with Gasteiger partial charge < -0.3 is 5.32 Å². The molecule has 3 aliphatic rings. The largest absolute Gasteiger partial charge is 0.311 e. The van der Waals surface area contributed by atoms with Gasteiger partial charge in [0.05, 0.1) is 0 Å². The van der Waals surface area contributed by atoms with E-state index in [0.29, 0.717) is 0 Å². The van der Waals surface area contributed by atoms with Crippen LogP contribution in [-0.2, 0) is 0 Å². The Morgan fingerprint density at radius 2 is 2.18 bits per heavy atom. The highest BCUT2D eigenvalue weighted by Gasteiger charge is 2.43. The molecule has 3 rings (SSSR count). The molecule has 5 atom stereocenters. The molecule has 2 aliphatic carbocycles. The van der Waals surface area contributed by atoms with Gasteiger partial charge in [-0.15, -0.1) is 0 Å². The molecule has 2 heteroatoms. The van der Waals surface area contributed by atoms with Gasteiger partial charge in [-0.25, -0.2) is 0 Å². The van der Waals surface area contributed by atoms with Crippen molar-refractivity contribution < 1.29 is 0 Å². The summed E-state index contributed by atoms with van der Waals surface area (Å²) in [6.45, 7) is 8.56. The maximum absolute atomic E-state index is 3.64. The Kier molecular flexibility index (Phi) is 3.45. The van der Waals surface area contributed by atoms with Gasteiger partial charge in [-0.2, -0.15) is 0 Å². The molecule has 0 radical (unpaired) electrons. The number of rotatable bonds is 3. The summed E-state index contributed by atoms with van der Waals surface area (Å²) in [5.74, 6) is 3.19. The van der Waals surface area contributed by atoms with Crippen LogP contribution in [0.2, 0.25) is 0 Å². The van der Waals surface area contributed by atoms with E-state index in [4.69, 9.17) is 0 Å². The summed E-state index contributed by atoms with van der Waals surface area (Å²) in [7, 11) is 0. The zero-order valence-corrected chi connectivity index (χ0v) is 11.5. The van der Waals surface area contributed by atoms with Gasteiger partial charge in [0.1, 0.15) is 0 Å². The number of nitrogens with zero attached hydrogens (tertiary/aromatic N) is 1. The molecule has 17 heavy (non-hydrogen) atoms. The Bertz CT molecular complexity index is 266. The molecular formula is C15H28N2. The highest BCUT2D eigenvalue weighted by atomic mass is 15.2. The van der Waals surface area contributed by atoms with E-state index in [-0.39, 0.29) is 0 Å². The Balaban J connectivity index is 1.60. The summed E-state index contributed by atoms with van der Waals surface area (Å²) in [6.07, 6.45) is 7.43. The first-order valence-electron chi connectivity index (χ1n) is 7.75. The van der Waals surface area contributed by atoms with Crippen LogP contribution in [0, 0.1) is 17.8 Å². The second-order valence-corrected chi connectivity index (χ2v) is 6.63. The van der Waals surface area contributed by atoms with E-state index < -0.39 is 0 Å². The molecule has 0 spiro atoms.